The van der Waals surface area contributed by atoms with Crippen molar-refractivity contribution in [3.05, 3.63) is 48.6 Å². The molecule has 0 rings (SSSR count). The molecule has 0 atom stereocenters. The van der Waals surface area contributed by atoms with Gasteiger partial charge in [0.05, 0.1) is 0 Å². The van der Waals surface area contributed by atoms with Gasteiger partial charge in [0.1, 0.15) is 0 Å². The molecule has 0 spiro atoms. The monoisotopic (exact) mass is 656 g/mol. The molecule has 0 bridgehead atoms. The molecule has 4 heteroatoms. The van der Waals surface area contributed by atoms with Gasteiger partial charge in [-0.1, -0.05) is 152 Å². The Hall–Kier alpha value is -2.10. The van der Waals surface area contributed by atoms with E-state index in [1.165, 1.54) is 141 Å². The summed E-state index contributed by atoms with van der Waals surface area (Å²) in [6, 6.07) is 0.263. The topological polar surface area (TPSA) is 66.4 Å². The van der Waals surface area contributed by atoms with Crippen molar-refractivity contribution in [1.29, 1.82) is 0 Å². The van der Waals surface area contributed by atoms with Crippen molar-refractivity contribution in [3.63, 3.8) is 0 Å². The number of hydrogen-bond donors (Lipinski definition) is 2. The fraction of sp³-hybridized carbons (Fsp3) is 0.767. The van der Waals surface area contributed by atoms with Crippen LogP contribution in [0.15, 0.2) is 48.6 Å². The lowest BCUT2D eigenvalue weighted by Crippen LogP contribution is -2.34. The van der Waals surface area contributed by atoms with Crippen LogP contribution in [-0.4, -0.2) is 23.0 Å². The lowest BCUT2D eigenvalue weighted by atomic mass is 9.99. The quantitative estimate of drug-likeness (QED) is 0.0521. The zero-order valence-electron chi connectivity index (χ0n) is 31.2. The number of carbonyl (C=O) groups is 2. The maximum absolute atomic E-state index is 12.6. The standard InChI is InChI=1S/C43H77NO3/c1-3-5-7-9-11-13-15-17-19-21-23-25-27-29-31-33-37-41(44-42(45)39-35-36-40-43(46)47)38-34-32-30-28-26-24-22-20-18-16-14-12-10-8-6-4-2/h11-14,17-20,41H,3-10,15-16,21-40H2,1-2H3,(H,44,45)(H,46,47)/b13-11-,14-12-,19-17-,20-18-. The summed E-state index contributed by atoms with van der Waals surface area (Å²) in [6.07, 6.45) is 52.6. The van der Waals surface area contributed by atoms with Gasteiger partial charge in [0.25, 0.3) is 0 Å². The van der Waals surface area contributed by atoms with Crippen LogP contribution >= 0.6 is 0 Å². The molecule has 1 amide bonds. The molecule has 0 aliphatic heterocycles. The van der Waals surface area contributed by atoms with Crippen LogP contribution in [0.2, 0.25) is 0 Å². The van der Waals surface area contributed by atoms with Gasteiger partial charge in [0.2, 0.25) is 5.91 Å². The minimum atomic E-state index is -0.780. The third-order valence-corrected chi connectivity index (χ3v) is 8.92. The summed E-state index contributed by atoms with van der Waals surface area (Å²) in [7, 11) is 0. The molecule has 0 aromatic heterocycles. The van der Waals surface area contributed by atoms with Crippen LogP contribution in [0.1, 0.15) is 206 Å². The number of unbranched alkanes of at least 4 members (excludes halogenated alkanes) is 19. The van der Waals surface area contributed by atoms with Crippen molar-refractivity contribution in [3.8, 4) is 0 Å². The number of allylic oxidation sites excluding steroid dienone is 8. The Kier molecular flexibility index (Phi) is 36.6. The molecule has 0 radical (unpaired) electrons. The summed E-state index contributed by atoms with van der Waals surface area (Å²) < 4.78 is 0. The zero-order valence-corrected chi connectivity index (χ0v) is 31.2. The fourth-order valence-electron chi connectivity index (χ4n) is 5.91. The summed E-state index contributed by atoms with van der Waals surface area (Å²) >= 11 is 0. The van der Waals surface area contributed by atoms with E-state index in [4.69, 9.17) is 5.11 Å². The molecule has 272 valence electrons. The van der Waals surface area contributed by atoms with E-state index in [-0.39, 0.29) is 18.4 Å². The maximum Gasteiger partial charge on any atom is 0.303 e. The number of carboxylic acid groups (broad SMARTS) is 1. The van der Waals surface area contributed by atoms with E-state index in [1.54, 1.807) is 0 Å². The molecular formula is C43H77NO3. The lowest BCUT2D eigenvalue weighted by molar-refractivity contribution is -0.137. The summed E-state index contributed by atoms with van der Waals surface area (Å²) in [5.74, 6) is -0.682. The molecule has 0 fully saturated rings. The molecule has 0 aliphatic rings. The largest absolute Gasteiger partial charge is 0.481 e. The van der Waals surface area contributed by atoms with Gasteiger partial charge in [-0.2, -0.15) is 0 Å². The number of carboxylic acids is 1. The second-order valence-electron chi connectivity index (χ2n) is 13.6. The molecule has 0 saturated heterocycles. The number of hydrogen-bond acceptors (Lipinski definition) is 2. The summed E-state index contributed by atoms with van der Waals surface area (Å²) in [5, 5.41) is 12.1. The molecule has 0 heterocycles. The maximum atomic E-state index is 12.6. The zero-order chi connectivity index (χ0) is 34.3. The highest BCUT2D eigenvalue weighted by molar-refractivity contribution is 5.76. The number of nitrogens with one attached hydrogen (secondary N) is 1. The van der Waals surface area contributed by atoms with E-state index in [1.807, 2.05) is 0 Å². The first-order valence-corrected chi connectivity index (χ1v) is 20.2. The van der Waals surface area contributed by atoms with Gasteiger partial charge in [-0.25, -0.2) is 0 Å². The summed E-state index contributed by atoms with van der Waals surface area (Å²) in [6.45, 7) is 4.51. The minimum absolute atomic E-state index is 0.0977. The molecule has 0 unspecified atom stereocenters. The Morgan fingerprint density at radius 3 is 1.23 bits per heavy atom. The smallest absolute Gasteiger partial charge is 0.303 e. The van der Waals surface area contributed by atoms with Gasteiger partial charge in [0.15, 0.2) is 0 Å². The third-order valence-electron chi connectivity index (χ3n) is 8.92. The van der Waals surface area contributed by atoms with Crippen molar-refractivity contribution in [2.45, 2.75) is 213 Å². The first-order chi connectivity index (χ1) is 23.1. The van der Waals surface area contributed by atoms with Crippen molar-refractivity contribution < 1.29 is 14.7 Å². The van der Waals surface area contributed by atoms with E-state index < -0.39 is 5.97 Å². The van der Waals surface area contributed by atoms with E-state index >= 15 is 0 Å². The molecule has 0 aromatic carbocycles. The first kappa shape index (κ1) is 44.9. The Bertz CT molecular complexity index is 749. The number of rotatable bonds is 36. The second kappa shape index (κ2) is 38.3. The van der Waals surface area contributed by atoms with Crippen LogP contribution in [0.4, 0.5) is 0 Å². The van der Waals surface area contributed by atoms with Crippen molar-refractivity contribution in [2.24, 2.45) is 0 Å². The van der Waals surface area contributed by atoms with Gasteiger partial charge in [-0.05, 0) is 89.9 Å². The Morgan fingerprint density at radius 2 is 0.830 bits per heavy atom. The third kappa shape index (κ3) is 38.2. The van der Waals surface area contributed by atoms with Crippen LogP contribution in [-0.2, 0) is 9.59 Å². The Balaban J connectivity index is 4.06. The fourth-order valence-corrected chi connectivity index (χ4v) is 5.91. The summed E-state index contributed by atoms with van der Waals surface area (Å²) in [4.78, 5) is 23.3. The first-order valence-electron chi connectivity index (χ1n) is 20.2. The van der Waals surface area contributed by atoms with E-state index in [2.05, 4.69) is 67.8 Å². The van der Waals surface area contributed by atoms with Crippen LogP contribution in [0.25, 0.3) is 0 Å². The number of amides is 1. The minimum Gasteiger partial charge on any atom is -0.481 e. The Labute approximate surface area is 292 Å². The van der Waals surface area contributed by atoms with Crippen molar-refractivity contribution in [1.82, 2.24) is 5.32 Å². The van der Waals surface area contributed by atoms with E-state index in [0.717, 1.165) is 25.7 Å². The molecule has 2 N–H and O–H groups in total. The number of aliphatic carboxylic acids is 1. The molecule has 0 aliphatic carbocycles. The summed E-state index contributed by atoms with van der Waals surface area (Å²) in [5.41, 5.74) is 0. The molecule has 4 nitrogen and oxygen atoms in total. The second-order valence-corrected chi connectivity index (χ2v) is 13.6. The molecule has 0 saturated carbocycles. The van der Waals surface area contributed by atoms with Crippen LogP contribution in [0.5, 0.6) is 0 Å². The van der Waals surface area contributed by atoms with E-state index in [9.17, 15) is 9.59 Å². The van der Waals surface area contributed by atoms with Gasteiger partial charge in [0, 0.05) is 18.9 Å². The predicted molar refractivity (Wildman–Crippen MR) is 206 cm³/mol. The van der Waals surface area contributed by atoms with Gasteiger partial charge in [-0.15, -0.1) is 0 Å². The average Bonchev–Trinajstić information content (AvgIpc) is 3.06. The lowest BCUT2D eigenvalue weighted by Gasteiger charge is -2.19. The highest BCUT2D eigenvalue weighted by Crippen LogP contribution is 2.16. The van der Waals surface area contributed by atoms with Crippen LogP contribution in [0, 0.1) is 0 Å². The van der Waals surface area contributed by atoms with Crippen LogP contribution in [0.3, 0.4) is 0 Å². The average molecular weight is 656 g/mol. The molecular weight excluding hydrogens is 578 g/mol. The SMILES string of the molecule is CCCCC/C=C\C/C=C\CCCCCCCCC(CCCCCCCC/C=C\C/C=C\CCCCC)NC(=O)CCCCC(=O)O. The van der Waals surface area contributed by atoms with Crippen molar-refractivity contribution in [2.75, 3.05) is 0 Å². The molecule has 0 aromatic rings. The van der Waals surface area contributed by atoms with Crippen LogP contribution < -0.4 is 5.32 Å². The highest BCUT2D eigenvalue weighted by atomic mass is 16.4. The highest BCUT2D eigenvalue weighted by Gasteiger charge is 2.12. The van der Waals surface area contributed by atoms with E-state index in [0.29, 0.717) is 19.3 Å². The van der Waals surface area contributed by atoms with Gasteiger partial charge < -0.3 is 10.4 Å². The predicted octanol–water partition coefficient (Wildman–Crippen LogP) is 13.5. The van der Waals surface area contributed by atoms with Gasteiger partial charge >= 0.3 is 5.97 Å². The Morgan fingerprint density at radius 1 is 0.468 bits per heavy atom. The normalized spacial score (nSPS) is 12.1. The molecule has 47 heavy (non-hydrogen) atoms. The van der Waals surface area contributed by atoms with Crippen molar-refractivity contribution >= 4 is 11.9 Å². The number of carbonyl (C=O) groups excluding carboxylic acids is 1. The van der Waals surface area contributed by atoms with Gasteiger partial charge in [-0.3, -0.25) is 9.59 Å².